The molecule has 0 saturated carbocycles. The van der Waals surface area contributed by atoms with Crippen molar-refractivity contribution in [1.29, 1.82) is 0 Å². The average Bonchev–Trinajstić information content (AvgIpc) is 3.50. The zero-order valence-corrected chi connectivity index (χ0v) is 22.5. The van der Waals surface area contributed by atoms with Gasteiger partial charge in [0.25, 0.3) is 0 Å². The highest BCUT2D eigenvalue weighted by Gasteiger charge is 2.15. The number of piperazine rings is 1. The molecule has 0 aliphatic carbocycles. The van der Waals surface area contributed by atoms with E-state index >= 15 is 0 Å². The van der Waals surface area contributed by atoms with Gasteiger partial charge in [-0.1, -0.05) is 29.5 Å². The highest BCUT2D eigenvalue weighted by Crippen LogP contribution is 2.33. The number of hydrogen-bond acceptors (Lipinski definition) is 9. The van der Waals surface area contributed by atoms with Gasteiger partial charge in [0.05, 0.1) is 19.0 Å². The molecular weight excluding hydrogens is 504 g/mol. The number of aromatic nitrogens is 6. The molecule has 3 aromatic heterocycles. The summed E-state index contributed by atoms with van der Waals surface area (Å²) in [5, 5.41) is 8.83. The minimum absolute atomic E-state index is 0.208. The van der Waals surface area contributed by atoms with Crippen molar-refractivity contribution in [1.82, 2.24) is 39.7 Å². The van der Waals surface area contributed by atoms with E-state index < -0.39 is 0 Å². The van der Waals surface area contributed by atoms with E-state index in [9.17, 15) is 0 Å². The first kappa shape index (κ1) is 25.6. The summed E-state index contributed by atoms with van der Waals surface area (Å²) in [4.78, 5) is 17.7. The van der Waals surface area contributed by atoms with Gasteiger partial charge in [-0.2, -0.15) is 0 Å². The van der Waals surface area contributed by atoms with Gasteiger partial charge >= 0.3 is 6.01 Å². The van der Waals surface area contributed by atoms with E-state index in [2.05, 4.69) is 66.4 Å². The Hall–Kier alpha value is -4.67. The quantitative estimate of drug-likeness (QED) is 0.288. The van der Waals surface area contributed by atoms with Crippen LogP contribution < -0.4 is 9.47 Å². The van der Waals surface area contributed by atoms with Gasteiger partial charge in [0.1, 0.15) is 5.69 Å². The molecular formula is C30H30N8O2. The molecule has 202 valence electrons. The van der Waals surface area contributed by atoms with Crippen LogP contribution in [0.5, 0.6) is 17.5 Å². The van der Waals surface area contributed by atoms with Crippen molar-refractivity contribution >= 4 is 0 Å². The summed E-state index contributed by atoms with van der Waals surface area (Å²) in [7, 11) is 3.77. The molecule has 40 heavy (non-hydrogen) atoms. The smallest absolute Gasteiger partial charge is 0.322 e. The molecule has 10 nitrogen and oxygen atoms in total. The molecule has 1 saturated heterocycles. The minimum atomic E-state index is 0.208. The fraction of sp³-hybridized carbons (Fsp3) is 0.233. The van der Waals surface area contributed by atoms with E-state index in [4.69, 9.17) is 9.47 Å². The first-order valence-corrected chi connectivity index (χ1v) is 13.2. The van der Waals surface area contributed by atoms with Crippen molar-refractivity contribution in [2.75, 3.05) is 40.3 Å². The first-order chi connectivity index (χ1) is 19.6. The van der Waals surface area contributed by atoms with Gasteiger partial charge in [0, 0.05) is 80.3 Å². The largest absolute Gasteiger partial charge is 0.493 e. The number of likely N-dealkylation sites (N-methyl/N-ethyl adjacent to an activating group) is 1. The summed E-state index contributed by atoms with van der Waals surface area (Å²) in [6, 6.07) is 18.1. The molecule has 4 heterocycles. The van der Waals surface area contributed by atoms with Gasteiger partial charge in [-0.25, -0.2) is 14.6 Å². The summed E-state index contributed by atoms with van der Waals surface area (Å²) in [5.41, 5.74) is 5.66. The predicted octanol–water partition coefficient (Wildman–Crippen LogP) is 4.33. The third-order valence-electron chi connectivity index (χ3n) is 6.95. The Labute approximate surface area is 232 Å². The lowest BCUT2D eigenvalue weighted by atomic mass is 10.1. The van der Waals surface area contributed by atoms with Crippen LogP contribution in [0.1, 0.15) is 5.56 Å². The van der Waals surface area contributed by atoms with Gasteiger partial charge in [0.2, 0.25) is 0 Å². The molecule has 0 amide bonds. The van der Waals surface area contributed by atoms with Gasteiger partial charge in [0.15, 0.2) is 11.5 Å². The third kappa shape index (κ3) is 5.83. The molecule has 0 unspecified atom stereocenters. The van der Waals surface area contributed by atoms with Crippen LogP contribution in [0.25, 0.3) is 28.1 Å². The predicted molar refractivity (Wildman–Crippen MR) is 151 cm³/mol. The zero-order chi connectivity index (χ0) is 27.3. The maximum Gasteiger partial charge on any atom is 0.322 e. The molecule has 5 aromatic rings. The number of rotatable bonds is 8. The van der Waals surface area contributed by atoms with Crippen LogP contribution in [0.3, 0.4) is 0 Å². The number of pyridine rings is 1. The van der Waals surface area contributed by atoms with E-state index in [1.54, 1.807) is 36.6 Å². The number of nitrogens with zero attached hydrogens (tertiary/aromatic N) is 8. The van der Waals surface area contributed by atoms with Gasteiger partial charge < -0.3 is 14.4 Å². The van der Waals surface area contributed by atoms with Crippen molar-refractivity contribution in [2.45, 2.75) is 6.54 Å². The molecule has 6 rings (SSSR count). The van der Waals surface area contributed by atoms with Crippen molar-refractivity contribution < 1.29 is 9.47 Å². The SMILES string of the molecule is COc1ccc(-n2cc(-c3cccc(CN4CCN(C)CC4)c3)nn2)cc1Oc1ncc(-c2cccnc2)cn1. The second kappa shape index (κ2) is 11.6. The van der Waals surface area contributed by atoms with Crippen LogP contribution >= 0.6 is 0 Å². The number of benzene rings is 2. The van der Waals surface area contributed by atoms with Crippen LogP contribution in [0.2, 0.25) is 0 Å². The van der Waals surface area contributed by atoms with E-state index in [1.165, 1.54) is 5.56 Å². The summed E-state index contributed by atoms with van der Waals surface area (Å²) < 4.78 is 13.2. The molecule has 1 aliphatic rings. The number of hydrogen-bond donors (Lipinski definition) is 0. The van der Waals surface area contributed by atoms with Crippen molar-refractivity contribution in [3.8, 4) is 45.6 Å². The summed E-state index contributed by atoms with van der Waals surface area (Å²) in [6.07, 6.45) is 8.82. The van der Waals surface area contributed by atoms with Crippen molar-refractivity contribution in [3.63, 3.8) is 0 Å². The van der Waals surface area contributed by atoms with Crippen LogP contribution in [0.4, 0.5) is 0 Å². The van der Waals surface area contributed by atoms with E-state index in [1.807, 2.05) is 36.5 Å². The van der Waals surface area contributed by atoms with Gasteiger partial charge in [-0.05, 0) is 36.9 Å². The molecule has 1 fully saturated rings. The Morgan fingerprint density at radius 3 is 2.42 bits per heavy atom. The lowest BCUT2D eigenvalue weighted by molar-refractivity contribution is 0.148. The standard InChI is InChI=1S/C30H30N8O2/c1-36-11-13-37(14-12-36)20-22-5-3-6-23(15-22)27-21-38(35-34-27)26-8-9-28(39-2)29(16-26)40-30-32-18-25(19-33-30)24-7-4-10-31-17-24/h3-10,15-19,21H,11-14,20H2,1-2H3. The second-order valence-corrected chi connectivity index (χ2v) is 9.76. The topological polar surface area (TPSA) is 94.3 Å². The average molecular weight is 535 g/mol. The highest BCUT2D eigenvalue weighted by molar-refractivity contribution is 5.61. The Balaban J connectivity index is 1.19. The van der Waals surface area contributed by atoms with Gasteiger partial charge in [-0.15, -0.1) is 5.10 Å². The maximum absolute atomic E-state index is 6.01. The van der Waals surface area contributed by atoms with E-state index in [-0.39, 0.29) is 6.01 Å². The molecule has 0 N–H and O–H groups in total. The Morgan fingerprint density at radius 1 is 0.825 bits per heavy atom. The monoisotopic (exact) mass is 534 g/mol. The van der Waals surface area contributed by atoms with Crippen molar-refractivity contribution in [3.05, 3.63) is 91.1 Å². The van der Waals surface area contributed by atoms with Crippen molar-refractivity contribution in [2.24, 2.45) is 0 Å². The van der Waals surface area contributed by atoms with E-state index in [0.717, 1.165) is 60.8 Å². The van der Waals surface area contributed by atoms with Crippen LogP contribution in [-0.2, 0) is 6.54 Å². The lowest BCUT2D eigenvalue weighted by Gasteiger charge is -2.32. The summed E-state index contributed by atoms with van der Waals surface area (Å²) >= 11 is 0. The third-order valence-corrected chi connectivity index (χ3v) is 6.95. The number of methoxy groups -OCH3 is 1. The Morgan fingerprint density at radius 2 is 1.65 bits per heavy atom. The van der Waals surface area contributed by atoms with Crippen LogP contribution in [-0.4, -0.2) is 80.1 Å². The van der Waals surface area contributed by atoms with Crippen LogP contribution in [0, 0.1) is 0 Å². The van der Waals surface area contributed by atoms with E-state index in [0.29, 0.717) is 11.5 Å². The normalized spacial score (nSPS) is 14.2. The fourth-order valence-electron chi connectivity index (χ4n) is 4.65. The Bertz CT molecular complexity index is 1560. The molecule has 10 heteroatoms. The second-order valence-electron chi connectivity index (χ2n) is 9.76. The first-order valence-electron chi connectivity index (χ1n) is 13.2. The highest BCUT2D eigenvalue weighted by atomic mass is 16.5. The summed E-state index contributed by atoms with van der Waals surface area (Å²) in [6.45, 7) is 5.30. The maximum atomic E-state index is 6.01. The Kier molecular flexibility index (Phi) is 7.43. The molecule has 2 aromatic carbocycles. The number of ether oxygens (including phenoxy) is 2. The molecule has 0 bridgehead atoms. The minimum Gasteiger partial charge on any atom is -0.493 e. The zero-order valence-electron chi connectivity index (χ0n) is 22.5. The fourth-order valence-corrected chi connectivity index (χ4v) is 4.65. The lowest BCUT2D eigenvalue weighted by Crippen LogP contribution is -2.43. The van der Waals surface area contributed by atoms with Gasteiger partial charge in [-0.3, -0.25) is 9.88 Å². The molecule has 0 radical (unpaired) electrons. The summed E-state index contributed by atoms with van der Waals surface area (Å²) in [5.74, 6) is 1.03. The molecule has 1 aliphatic heterocycles. The molecule has 0 spiro atoms. The van der Waals surface area contributed by atoms with Crippen LogP contribution in [0.15, 0.2) is 85.6 Å². The molecule has 0 atom stereocenters.